The van der Waals surface area contributed by atoms with Crippen LogP contribution in [0.2, 0.25) is 0 Å². The van der Waals surface area contributed by atoms with Crippen molar-refractivity contribution < 1.29 is 4.42 Å². The molecule has 2 aromatic rings. The Labute approximate surface area is 111 Å². The molecule has 1 N–H and O–H groups in total. The predicted octanol–water partition coefficient (Wildman–Crippen LogP) is 3.42. The fourth-order valence-corrected chi connectivity index (χ4v) is 2.77. The highest BCUT2D eigenvalue weighted by Crippen LogP contribution is 2.29. The molecule has 0 amide bonds. The third kappa shape index (κ3) is 2.79. The predicted molar refractivity (Wildman–Crippen MR) is 73.7 cm³/mol. The van der Waals surface area contributed by atoms with Crippen LogP contribution in [0.3, 0.4) is 0 Å². The number of hydrogen-bond donors (Lipinski definition) is 1. The first-order chi connectivity index (χ1) is 8.78. The van der Waals surface area contributed by atoms with E-state index in [1.807, 2.05) is 12.1 Å². The second-order valence-corrected chi connectivity index (χ2v) is 5.09. The summed E-state index contributed by atoms with van der Waals surface area (Å²) in [5.74, 6) is 1.81. The Morgan fingerprint density at radius 1 is 1.28 bits per heavy atom. The number of furan rings is 1. The molecular weight excluding hydrogens is 246 g/mol. The van der Waals surface area contributed by atoms with Crippen molar-refractivity contribution >= 4 is 11.3 Å². The van der Waals surface area contributed by atoms with Gasteiger partial charge in [-0.1, -0.05) is 32.1 Å². The van der Waals surface area contributed by atoms with Crippen molar-refractivity contribution in [3.63, 3.8) is 0 Å². The summed E-state index contributed by atoms with van der Waals surface area (Å²) in [7, 11) is 0. The molecule has 2 aromatic heterocycles. The van der Waals surface area contributed by atoms with Gasteiger partial charge in [0.1, 0.15) is 10.8 Å². The Morgan fingerprint density at radius 3 is 2.72 bits per heavy atom. The van der Waals surface area contributed by atoms with E-state index in [4.69, 9.17) is 4.42 Å². The van der Waals surface area contributed by atoms with Gasteiger partial charge in [-0.3, -0.25) is 0 Å². The van der Waals surface area contributed by atoms with Crippen LogP contribution < -0.4 is 5.32 Å². The summed E-state index contributed by atoms with van der Waals surface area (Å²) in [6.45, 7) is 7.27. The van der Waals surface area contributed by atoms with Gasteiger partial charge >= 0.3 is 0 Å². The SMILES string of the molecule is CCNC(CC)c1nnc(-c2ccc(CC)o2)s1. The molecule has 98 valence electrons. The number of nitrogens with zero attached hydrogens (tertiary/aromatic N) is 2. The van der Waals surface area contributed by atoms with Gasteiger partial charge in [-0.15, -0.1) is 10.2 Å². The van der Waals surface area contributed by atoms with Crippen molar-refractivity contribution in [3.05, 3.63) is 22.9 Å². The molecule has 1 unspecified atom stereocenters. The first kappa shape index (κ1) is 13.2. The summed E-state index contributed by atoms with van der Waals surface area (Å²) in [4.78, 5) is 0. The van der Waals surface area contributed by atoms with Crippen molar-refractivity contribution in [1.29, 1.82) is 0 Å². The molecule has 2 rings (SSSR count). The lowest BCUT2D eigenvalue weighted by atomic mass is 10.2. The van der Waals surface area contributed by atoms with Gasteiger partial charge in [0.15, 0.2) is 10.8 Å². The summed E-state index contributed by atoms with van der Waals surface area (Å²) < 4.78 is 5.69. The van der Waals surface area contributed by atoms with Crippen molar-refractivity contribution in [3.8, 4) is 10.8 Å². The number of hydrogen-bond acceptors (Lipinski definition) is 5. The third-order valence-electron chi connectivity index (χ3n) is 2.82. The van der Waals surface area contributed by atoms with E-state index in [0.717, 1.165) is 40.9 Å². The van der Waals surface area contributed by atoms with Crippen molar-refractivity contribution in [1.82, 2.24) is 15.5 Å². The average molecular weight is 265 g/mol. The van der Waals surface area contributed by atoms with E-state index in [-0.39, 0.29) is 0 Å². The van der Waals surface area contributed by atoms with E-state index >= 15 is 0 Å². The Morgan fingerprint density at radius 2 is 2.11 bits per heavy atom. The summed E-state index contributed by atoms with van der Waals surface area (Å²) in [6, 6.07) is 4.26. The topological polar surface area (TPSA) is 51.0 Å². The maximum atomic E-state index is 5.69. The lowest BCUT2D eigenvalue weighted by Gasteiger charge is -2.10. The van der Waals surface area contributed by atoms with Crippen LogP contribution in [0.1, 0.15) is 44.0 Å². The molecule has 0 fully saturated rings. The highest BCUT2D eigenvalue weighted by molar-refractivity contribution is 7.14. The zero-order valence-electron chi connectivity index (χ0n) is 11.1. The quantitative estimate of drug-likeness (QED) is 0.869. The van der Waals surface area contributed by atoms with Crippen molar-refractivity contribution in [2.45, 2.75) is 39.7 Å². The molecular formula is C13H19N3OS. The van der Waals surface area contributed by atoms with E-state index in [2.05, 4.69) is 36.3 Å². The van der Waals surface area contributed by atoms with Crippen LogP contribution in [-0.2, 0) is 6.42 Å². The summed E-state index contributed by atoms with van der Waals surface area (Å²) in [6.07, 6.45) is 1.92. The molecule has 1 atom stereocenters. The molecule has 0 saturated carbocycles. The molecule has 0 aliphatic heterocycles. The number of aryl methyl sites for hydroxylation is 1. The van der Waals surface area contributed by atoms with Gasteiger partial charge in [0.2, 0.25) is 0 Å². The van der Waals surface area contributed by atoms with E-state index < -0.39 is 0 Å². The summed E-state index contributed by atoms with van der Waals surface area (Å²) in [5.41, 5.74) is 0. The van der Waals surface area contributed by atoms with Gasteiger partial charge in [0, 0.05) is 6.42 Å². The molecule has 18 heavy (non-hydrogen) atoms. The fourth-order valence-electron chi connectivity index (χ4n) is 1.81. The molecule has 5 heteroatoms. The largest absolute Gasteiger partial charge is 0.459 e. The fraction of sp³-hybridized carbons (Fsp3) is 0.538. The molecule has 0 spiro atoms. The molecule has 0 aromatic carbocycles. The summed E-state index contributed by atoms with van der Waals surface area (Å²) >= 11 is 1.60. The normalized spacial score (nSPS) is 12.8. The lowest BCUT2D eigenvalue weighted by molar-refractivity contribution is 0.526. The first-order valence-corrected chi connectivity index (χ1v) is 7.25. The number of aromatic nitrogens is 2. The molecule has 4 nitrogen and oxygen atoms in total. The van der Waals surface area contributed by atoms with Crippen LogP contribution in [0.4, 0.5) is 0 Å². The van der Waals surface area contributed by atoms with Crippen LogP contribution >= 0.6 is 11.3 Å². The molecule has 0 radical (unpaired) electrons. The van der Waals surface area contributed by atoms with Crippen molar-refractivity contribution in [2.24, 2.45) is 0 Å². The minimum Gasteiger partial charge on any atom is -0.459 e. The van der Waals surface area contributed by atoms with E-state index in [9.17, 15) is 0 Å². The van der Waals surface area contributed by atoms with E-state index in [0.29, 0.717) is 6.04 Å². The van der Waals surface area contributed by atoms with Gasteiger partial charge < -0.3 is 9.73 Å². The second-order valence-electron chi connectivity index (χ2n) is 4.08. The second kappa shape index (κ2) is 6.11. The van der Waals surface area contributed by atoms with E-state index in [1.54, 1.807) is 11.3 Å². The van der Waals surface area contributed by atoms with Crippen molar-refractivity contribution in [2.75, 3.05) is 6.54 Å². The molecule has 2 heterocycles. The van der Waals surface area contributed by atoms with Gasteiger partial charge in [-0.25, -0.2) is 0 Å². The smallest absolute Gasteiger partial charge is 0.183 e. The molecule has 0 bridgehead atoms. The minimum absolute atomic E-state index is 0.293. The van der Waals surface area contributed by atoms with E-state index in [1.165, 1.54) is 0 Å². The average Bonchev–Trinajstić information content (AvgIpc) is 3.03. The number of rotatable bonds is 6. The van der Waals surface area contributed by atoms with Gasteiger partial charge in [-0.05, 0) is 25.1 Å². The highest BCUT2D eigenvalue weighted by atomic mass is 32.1. The van der Waals surface area contributed by atoms with Crippen LogP contribution in [-0.4, -0.2) is 16.7 Å². The zero-order chi connectivity index (χ0) is 13.0. The number of nitrogens with one attached hydrogen (secondary N) is 1. The van der Waals surface area contributed by atoms with Gasteiger partial charge in [0.05, 0.1) is 6.04 Å². The Kier molecular flexibility index (Phi) is 4.49. The molecule has 0 saturated heterocycles. The van der Waals surface area contributed by atoms with Crippen LogP contribution in [0, 0.1) is 0 Å². The van der Waals surface area contributed by atoms with Gasteiger partial charge in [-0.2, -0.15) is 0 Å². The maximum Gasteiger partial charge on any atom is 0.183 e. The Balaban J connectivity index is 2.18. The molecule has 0 aliphatic carbocycles. The van der Waals surface area contributed by atoms with Crippen LogP contribution in [0.5, 0.6) is 0 Å². The minimum atomic E-state index is 0.293. The van der Waals surface area contributed by atoms with Crippen LogP contribution in [0.25, 0.3) is 10.8 Å². The lowest BCUT2D eigenvalue weighted by Crippen LogP contribution is -2.19. The summed E-state index contributed by atoms with van der Waals surface area (Å²) in [5, 5.41) is 13.8. The Hall–Kier alpha value is -1.20. The zero-order valence-corrected chi connectivity index (χ0v) is 11.9. The van der Waals surface area contributed by atoms with Gasteiger partial charge in [0.25, 0.3) is 0 Å². The molecule has 0 aliphatic rings. The first-order valence-electron chi connectivity index (χ1n) is 6.44. The Bertz CT molecular complexity index is 492. The van der Waals surface area contributed by atoms with Crippen LogP contribution in [0.15, 0.2) is 16.5 Å². The standard InChI is InChI=1S/C13H19N3OS/c1-4-9-7-8-11(17-9)13-16-15-12(18-13)10(5-2)14-6-3/h7-8,10,14H,4-6H2,1-3H3. The monoisotopic (exact) mass is 265 g/mol. The highest BCUT2D eigenvalue weighted by Gasteiger charge is 2.16. The third-order valence-corrected chi connectivity index (χ3v) is 3.87. The maximum absolute atomic E-state index is 5.69.